The van der Waals surface area contributed by atoms with Gasteiger partial charge in [0, 0.05) is 37.6 Å². The number of piperidine rings is 1. The first kappa shape index (κ1) is 17.9. The van der Waals surface area contributed by atoms with Crippen molar-refractivity contribution >= 4 is 5.91 Å². The molecule has 1 aromatic heterocycles. The van der Waals surface area contributed by atoms with Crippen molar-refractivity contribution in [3.8, 4) is 11.8 Å². The first-order valence-electron chi connectivity index (χ1n) is 8.73. The summed E-state index contributed by atoms with van der Waals surface area (Å²) in [4.78, 5) is 18.8. The largest absolute Gasteiger partial charge is 0.481 e. The number of aliphatic hydroxyl groups is 1. The Hall–Kier alpha value is -1.86. The van der Waals surface area contributed by atoms with Crippen molar-refractivity contribution in [1.29, 1.82) is 0 Å². The molecule has 7 nitrogen and oxygen atoms in total. The summed E-state index contributed by atoms with van der Waals surface area (Å²) in [5.74, 6) is 0.562. The van der Waals surface area contributed by atoms with Crippen molar-refractivity contribution in [1.82, 2.24) is 9.88 Å². The minimum atomic E-state index is -0.335. The maximum Gasteiger partial charge on any atom is 0.259 e. The lowest BCUT2D eigenvalue weighted by molar-refractivity contribution is -0.207. The predicted molar refractivity (Wildman–Crippen MR) is 90.9 cm³/mol. The van der Waals surface area contributed by atoms with Gasteiger partial charge in [-0.15, -0.1) is 0 Å². The van der Waals surface area contributed by atoms with Crippen molar-refractivity contribution < 1.29 is 24.1 Å². The van der Waals surface area contributed by atoms with E-state index in [2.05, 4.69) is 4.98 Å². The van der Waals surface area contributed by atoms with Crippen LogP contribution in [0.3, 0.4) is 0 Å². The average molecular weight is 350 g/mol. The summed E-state index contributed by atoms with van der Waals surface area (Å²) < 4.78 is 16.1. The van der Waals surface area contributed by atoms with Crippen LogP contribution < -0.4 is 9.47 Å². The zero-order valence-electron chi connectivity index (χ0n) is 15.0. The number of rotatable bonds is 5. The highest BCUT2D eigenvalue weighted by Gasteiger charge is 2.56. The number of likely N-dealkylation sites (tertiary alicyclic amines) is 1. The molecule has 0 aromatic carbocycles. The molecule has 1 aliphatic heterocycles. The molecule has 0 unspecified atom stereocenters. The van der Waals surface area contributed by atoms with E-state index < -0.39 is 0 Å². The van der Waals surface area contributed by atoms with Gasteiger partial charge in [0.1, 0.15) is 5.56 Å². The quantitative estimate of drug-likeness (QED) is 0.867. The van der Waals surface area contributed by atoms with Crippen LogP contribution in [0.1, 0.15) is 36.5 Å². The van der Waals surface area contributed by atoms with Gasteiger partial charge in [0.05, 0.1) is 26.4 Å². The Labute approximate surface area is 147 Å². The Morgan fingerprint density at radius 1 is 1.32 bits per heavy atom. The van der Waals surface area contributed by atoms with Gasteiger partial charge in [-0.05, 0) is 25.8 Å². The van der Waals surface area contributed by atoms with Crippen molar-refractivity contribution in [2.24, 2.45) is 5.41 Å². The molecule has 0 radical (unpaired) electrons. The number of pyridine rings is 1. The third-order valence-corrected chi connectivity index (χ3v) is 5.56. The van der Waals surface area contributed by atoms with Gasteiger partial charge in [0.25, 0.3) is 5.91 Å². The second-order valence-electron chi connectivity index (χ2n) is 6.63. The Kier molecular flexibility index (Phi) is 5.15. The lowest BCUT2D eigenvalue weighted by Crippen LogP contribution is -2.62. The molecule has 25 heavy (non-hydrogen) atoms. The number of hydrogen-bond acceptors (Lipinski definition) is 6. The summed E-state index contributed by atoms with van der Waals surface area (Å²) >= 11 is 0. The third kappa shape index (κ3) is 3.06. The fourth-order valence-corrected chi connectivity index (χ4v) is 3.97. The highest BCUT2D eigenvalue weighted by atomic mass is 16.5. The molecule has 1 saturated carbocycles. The summed E-state index contributed by atoms with van der Waals surface area (Å²) in [6, 6.07) is 3.33. The molecule has 1 N–H and O–H groups in total. The minimum Gasteiger partial charge on any atom is -0.481 e. The SMILES string of the molecule is CCO[C@@H]1C[C@H](O)C12CCN(C(=O)c1ccc(OC)nc1OC)CC2. The van der Waals surface area contributed by atoms with Crippen LogP contribution in [0.25, 0.3) is 0 Å². The number of methoxy groups -OCH3 is 2. The summed E-state index contributed by atoms with van der Waals surface area (Å²) in [6.07, 6.45) is 1.95. The molecule has 0 bridgehead atoms. The number of amides is 1. The molecule has 3 rings (SSSR count). The van der Waals surface area contributed by atoms with Crippen molar-refractivity contribution in [2.75, 3.05) is 33.9 Å². The Bertz CT molecular complexity index is 626. The van der Waals surface area contributed by atoms with Gasteiger partial charge >= 0.3 is 0 Å². The molecular formula is C18H26N2O5. The van der Waals surface area contributed by atoms with Crippen LogP contribution in [0.2, 0.25) is 0 Å². The van der Waals surface area contributed by atoms with Crippen molar-refractivity contribution in [2.45, 2.75) is 38.4 Å². The Balaban J connectivity index is 1.70. The normalized spacial score (nSPS) is 24.7. The smallest absolute Gasteiger partial charge is 0.259 e. The molecule has 1 amide bonds. The number of ether oxygens (including phenoxy) is 3. The summed E-state index contributed by atoms with van der Waals surface area (Å²) in [6.45, 7) is 3.81. The van der Waals surface area contributed by atoms with Gasteiger partial charge in [0.2, 0.25) is 11.8 Å². The number of carbonyl (C=O) groups excluding carboxylic acids is 1. The molecule has 1 spiro atoms. The van der Waals surface area contributed by atoms with Gasteiger partial charge in [-0.2, -0.15) is 4.98 Å². The topological polar surface area (TPSA) is 81.1 Å². The number of nitrogens with zero attached hydrogens (tertiary/aromatic N) is 2. The number of hydrogen-bond donors (Lipinski definition) is 1. The monoisotopic (exact) mass is 350 g/mol. The fourth-order valence-electron chi connectivity index (χ4n) is 3.97. The van der Waals surface area contributed by atoms with E-state index in [9.17, 15) is 9.90 Å². The van der Waals surface area contributed by atoms with Crippen LogP contribution in [0.5, 0.6) is 11.8 Å². The molecule has 1 aliphatic carbocycles. The molecule has 1 aromatic rings. The maximum absolute atomic E-state index is 12.9. The molecule has 2 heterocycles. The van der Waals surface area contributed by atoms with E-state index >= 15 is 0 Å². The van der Waals surface area contributed by atoms with E-state index in [1.54, 1.807) is 17.0 Å². The lowest BCUT2D eigenvalue weighted by atomic mass is 9.58. The maximum atomic E-state index is 12.9. The molecule has 2 aliphatic rings. The molecule has 7 heteroatoms. The molecule has 138 valence electrons. The number of carbonyl (C=O) groups is 1. The van der Waals surface area contributed by atoms with E-state index in [0.29, 0.717) is 37.6 Å². The van der Waals surface area contributed by atoms with Gasteiger partial charge < -0.3 is 24.2 Å². The number of aromatic nitrogens is 1. The van der Waals surface area contributed by atoms with E-state index in [1.165, 1.54) is 14.2 Å². The van der Waals surface area contributed by atoms with Crippen LogP contribution >= 0.6 is 0 Å². The van der Waals surface area contributed by atoms with Crippen LogP contribution in [-0.4, -0.2) is 67.0 Å². The summed E-state index contributed by atoms with van der Waals surface area (Å²) in [7, 11) is 3.01. The highest BCUT2D eigenvalue weighted by molar-refractivity contribution is 5.96. The van der Waals surface area contributed by atoms with E-state index in [4.69, 9.17) is 14.2 Å². The first-order chi connectivity index (χ1) is 12.1. The minimum absolute atomic E-state index is 0.0990. The molecule has 1 saturated heterocycles. The van der Waals surface area contributed by atoms with Crippen LogP contribution in [0, 0.1) is 5.41 Å². The number of aliphatic hydroxyl groups excluding tert-OH is 1. The molecule has 2 atom stereocenters. The van der Waals surface area contributed by atoms with E-state index in [1.807, 2.05) is 6.92 Å². The summed E-state index contributed by atoms with van der Waals surface area (Å²) in [5, 5.41) is 10.3. The van der Waals surface area contributed by atoms with Crippen molar-refractivity contribution in [3.63, 3.8) is 0 Å². The first-order valence-corrected chi connectivity index (χ1v) is 8.73. The van der Waals surface area contributed by atoms with Gasteiger partial charge in [0.15, 0.2) is 0 Å². The van der Waals surface area contributed by atoms with Crippen molar-refractivity contribution in [3.05, 3.63) is 17.7 Å². The second kappa shape index (κ2) is 7.17. The van der Waals surface area contributed by atoms with Gasteiger partial charge in [-0.25, -0.2) is 0 Å². The third-order valence-electron chi connectivity index (χ3n) is 5.56. The van der Waals surface area contributed by atoms with Crippen LogP contribution in [0.4, 0.5) is 0 Å². The van der Waals surface area contributed by atoms with Gasteiger partial charge in [-0.1, -0.05) is 0 Å². The molecule has 2 fully saturated rings. The van der Waals surface area contributed by atoms with E-state index in [-0.39, 0.29) is 29.4 Å². The van der Waals surface area contributed by atoms with Crippen LogP contribution in [-0.2, 0) is 4.74 Å². The Morgan fingerprint density at radius 2 is 2.04 bits per heavy atom. The fraction of sp³-hybridized carbons (Fsp3) is 0.667. The standard InChI is InChI=1S/C18H26N2O5/c1-4-25-14-11-13(21)18(14)7-9-20(10-8-18)17(22)12-5-6-15(23-2)19-16(12)24-3/h5-6,13-14,21H,4,7-11H2,1-3H3/t13-,14+/m0/s1. The average Bonchev–Trinajstić information content (AvgIpc) is 2.66. The van der Waals surface area contributed by atoms with Gasteiger partial charge in [-0.3, -0.25) is 4.79 Å². The highest BCUT2D eigenvalue weighted by Crippen LogP contribution is 2.51. The summed E-state index contributed by atoms with van der Waals surface area (Å²) in [5.41, 5.74) is 0.226. The van der Waals surface area contributed by atoms with Crippen LogP contribution in [0.15, 0.2) is 12.1 Å². The lowest BCUT2D eigenvalue weighted by Gasteiger charge is -2.56. The predicted octanol–water partition coefficient (Wildman–Crippen LogP) is 1.49. The second-order valence-corrected chi connectivity index (χ2v) is 6.63. The van der Waals surface area contributed by atoms with E-state index in [0.717, 1.165) is 12.8 Å². The zero-order chi connectivity index (χ0) is 18.0. The zero-order valence-corrected chi connectivity index (χ0v) is 15.0. The molecular weight excluding hydrogens is 324 g/mol. The Morgan fingerprint density at radius 3 is 2.60 bits per heavy atom.